The van der Waals surface area contributed by atoms with E-state index in [1.54, 1.807) is 12.1 Å². The van der Waals surface area contributed by atoms with Gasteiger partial charge in [-0.1, -0.05) is 18.2 Å². The number of aromatic nitrogens is 2. The molecule has 0 amide bonds. The average Bonchev–Trinajstić information content (AvgIpc) is 3.02. The fraction of sp³-hybridized carbons (Fsp3) is 0.500. The van der Waals surface area contributed by atoms with E-state index in [4.69, 9.17) is 0 Å². The van der Waals surface area contributed by atoms with Crippen LogP contribution in [0, 0.1) is 5.82 Å². The maximum Gasteiger partial charge on any atom is 0.127 e. The Morgan fingerprint density at radius 2 is 1.91 bits per heavy atom. The van der Waals surface area contributed by atoms with Crippen molar-refractivity contribution in [2.24, 2.45) is 0 Å². The van der Waals surface area contributed by atoms with Crippen molar-refractivity contribution in [2.45, 2.75) is 33.0 Å². The highest BCUT2D eigenvalue weighted by molar-refractivity contribution is 5.20. The normalized spacial score (nSPS) is 18.2. The number of nitrogens with zero attached hydrogens (tertiary/aromatic N) is 4. The summed E-state index contributed by atoms with van der Waals surface area (Å²) >= 11 is 0. The first-order chi connectivity index (χ1) is 11.2. The number of imidazole rings is 1. The van der Waals surface area contributed by atoms with Gasteiger partial charge in [0.2, 0.25) is 0 Å². The van der Waals surface area contributed by atoms with Gasteiger partial charge in [-0.2, -0.15) is 0 Å². The molecule has 0 N–H and O–H groups in total. The van der Waals surface area contributed by atoms with E-state index in [0.717, 1.165) is 50.7 Å². The molecule has 1 atom stereocenters. The van der Waals surface area contributed by atoms with E-state index < -0.39 is 0 Å². The molecule has 0 spiro atoms. The Hall–Kier alpha value is -1.72. The van der Waals surface area contributed by atoms with Gasteiger partial charge < -0.3 is 4.57 Å². The molecule has 2 aromatic rings. The Balaban J connectivity index is 1.57. The van der Waals surface area contributed by atoms with Crippen LogP contribution in [0.2, 0.25) is 0 Å². The predicted molar refractivity (Wildman–Crippen MR) is 89.6 cm³/mol. The van der Waals surface area contributed by atoms with E-state index in [2.05, 4.69) is 33.2 Å². The minimum absolute atomic E-state index is 0.104. The van der Waals surface area contributed by atoms with Crippen molar-refractivity contribution < 1.29 is 4.39 Å². The van der Waals surface area contributed by atoms with Crippen LogP contribution >= 0.6 is 0 Å². The SMILES string of the molecule is CCn1ccnc1CN1CCN(C(C)c2ccccc2F)CC1. The summed E-state index contributed by atoms with van der Waals surface area (Å²) in [5.74, 6) is 1.02. The number of aryl methyl sites for hydroxylation is 1. The van der Waals surface area contributed by atoms with Crippen molar-refractivity contribution in [3.05, 3.63) is 53.9 Å². The van der Waals surface area contributed by atoms with E-state index in [-0.39, 0.29) is 11.9 Å². The van der Waals surface area contributed by atoms with Crippen LogP contribution in [0.5, 0.6) is 0 Å². The molecule has 1 aliphatic heterocycles. The lowest BCUT2D eigenvalue weighted by molar-refractivity contribution is 0.0942. The summed E-state index contributed by atoms with van der Waals surface area (Å²) in [4.78, 5) is 9.24. The maximum absolute atomic E-state index is 14.0. The molecule has 0 aliphatic carbocycles. The van der Waals surface area contributed by atoms with E-state index in [0.29, 0.717) is 0 Å². The molecule has 124 valence electrons. The summed E-state index contributed by atoms with van der Waals surface area (Å²) in [6.45, 7) is 9.99. The van der Waals surface area contributed by atoms with Crippen molar-refractivity contribution in [2.75, 3.05) is 26.2 Å². The minimum Gasteiger partial charge on any atom is -0.334 e. The van der Waals surface area contributed by atoms with Gasteiger partial charge in [0.15, 0.2) is 0 Å². The van der Waals surface area contributed by atoms with Crippen LogP contribution in [0.25, 0.3) is 0 Å². The van der Waals surface area contributed by atoms with E-state index in [1.807, 2.05) is 24.5 Å². The third kappa shape index (κ3) is 3.62. The van der Waals surface area contributed by atoms with Gasteiger partial charge in [-0.25, -0.2) is 9.37 Å². The van der Waals surface area contributed by atoms with Crippen LogP contribution < -0.4 is 0 Å². The Bertz CT molecular complexity index is 631. The fourth-order valence-corrected chi connectivity index (χ4v) is 3.30. The molecule has 1 aromatic heterocycles. The van der Waals surface area contributed by atoms with Crippen LogP contribution in [0.3, 0.4) is 0 Å². The molecular formula is C18H25FN4. The zero-order chi connectivity index (χ0) is 16.2. The first-order valence-corrected chi connectivity index (χ1v) is 8.40. The number of benzene rings is 1. The molecule has 1 fully saturated rings. The van der Waals surface area contributed by atoms with Gasteiger partial charge in [-0.3, -0.25) is 9.80 Å². The van der Waals surface area contributed by atoms with E-state index >= 15 is 0 Å². The van der Waals surface area contributed by atoms with Crippen LogP contribution in [0.15, 0.2) is 36.7 Å². The number of rotatable bonds is 5. The molecule has 0 bridgehead atoms. The minimum atomic E-state index is -0.104. The van der Waals surface area contributed by atoms with Crippen LogP contribution in [-0.2, 0) is 13.1 Å². The quantitative estimate of drug-likeness (QED) is 0.848. The third-order valence-corrected chi connectivity index (χ3v) is 4.82. The van der Waals surface area contributed by atoms with Gasteiger partial charge in [0, 0.05) is 56.7 Å². The summed E-state index contributed by atoms with van der Waals surface area (Å²) < 4.78 is 16.1. The standard InChI is InChI=1S/C18H25FN4/c1-3-22-9-8-20-18(22)14-21-10-12-23(13-11-21)15(2)16-6-4-5-7-17(16)19/h4-9,15H,3,10-14H2,1-2H3. The number of halogens is 1. The zero-order valence-electron chi connectivity index (χ0n) is 14.0. The lowest BCUT2D eigenvalue weighted by Gasteiger charge is -2.38. The second-order valence-corrected chi connectivity index (χ2v) is 6.14. The molecule has 1 aliphatic rings. The van der Waals surface area contributed by atoms with Crippen LogP contribution in [0.4, 0.5) is 4.39 Å². The van der Waals surface area contributed by atoms with Crippen LogP contribution in [-0.4, -0.2) is 45.5 Å². The van der Waals surface area contributed by atoms with Gasteiger partial charge in [0.05, 0.1) is 6.54 Å². The topological polar surface area (TPSA) is 24.3 Å². The summed E-state index contributed by atoms with van der Waals surface area (Å²) in [6.07, 6.45) is 3.90. The number of piperazine rings is 1. The van der Waals surface area contributed by atoms with Crippen molar-refractivity contribution in [3.8, 4) is 0 Å². The molecule has 1 saturated heterocycles. The second kappa shape index (κ2) is 7.23. The summed E-state index contributed by atoms with van der Waals surface area (Å²) in [5.41, 5.74) is 0.794. The molecular weight excluding hydrogens is 291 g/mol. The third-order valence-electron chi connectivity index (χ3n) is 4.82. The van der Waals surface area contributed by atoms with Crippen molar-refractivity contribution >= 4 is 0 Å². The van der Waals surface area contributed by atoms with E-state index in [1.165, 1.54) is 0 Å². The Morgan fingerprint density at radius 3 is 2.61 bits per heavy atom. The van der Waals surface area contributed by atoms with Gasteiger partial charge >= 0.3 is 0 Å². The Kier molecular flexibility index (Phi) is 5.08. The van der Waals surface area contributed by atoms with Crippen LogP contribution in [0.1, 0.15) is 31.3 Å². The highest BCUT2D eigenvalue weighted by atomic mass is 19.1. The van der Waals surface area contributed by atoms with E-state index in [9.17, 15) is 4.39 Å². The van der Waals surface area contributed by atoms with Crippen molar-refractivity contribution in [3.63, 3.8) is 0 Å². The van der Waals surface area contributed by atoms with Gasteiger partial charge in [0.25, 0.3) is 0 Å². The summed E-state index contributed by atoms with van der Waals surface area (Å²) in [5, 5.41) is 0. The first-order valence-electron chi connectivity index (χ1n) is 8.40. The molecule has 0 saturated carbocycles. The molecule has 2 heterocycles. The molecule has 23 heavy (non-hydrogen) atoms. The van der Waals surface area contributed by atoms with Crippen molar-refractivity contribution in [1.29, 1.82) is 0 Å². The molecule has 4 nitrogen and oxygen atoms in total. The zero-order valence-corrected chi connectivity index (χ0v) is 14.0. The lowest BCUT2D eigenvalue weighted by atomic mass is 10.1. The smallest absolute Gasteiger partial charge is 0.127 e. The second-order valence-electron chi connectivity index (χ2n) is 6.14. The number of hydrogen-bond acceptors (Lipinski definition) is 3. The largest absolute Gasteiger partial charge is 0.334 e. The summed E-state index contributed by atoms with van der Waals surface area (Å²) in [7, 11) is 0. The van der Waals surface area contributed by atoms with Crippen molar-refractivity contribution in [1.82, 2.24) is 19.4 Å². The first kappa shape index (κ1) is 16.1. The maximum atomic E-state index is 14.0. The molecule has 0 radical (unpaired) electrons. The fourth-order valence-electron chi connectivity index (χ4n) is 3.30. The number of hydrogen-bond donors (Lipinski definition) is 0. The summed E-state index contributed by atoms with van der Waals surface area (Å²) in [6, 6.07) is 7.22. The van der Waals surface area contributed by atoms with Gasteiger partial charge in [-0.05, 0) is 19.9 Å². The molecule has 1 unspecified atom stereocenters. The monoisotopic (exact) mass is 316 g/mol. The highest BCUT2D eigenvalue weighted by Crippen LogP contribution is 2.24. The average molecular weight is 316 g/mol. The lowest BCUT2D eigenvalue weighted by Crippen LogP contribution is -2.47. The Morgan fingerprint density at radius 1 is 1.17 bits per heavy atom. The van der Waals surface area contributed by atoms with Gasteiger partial charge in [0.1, 0.15) is 11.6 Å². The van der Waals surface area contributed by atoms with Gasteiger partial charge in [-0.15, -0.1) is 0 Å². The highest BCUT2D eigenvalue weighted by Gasteiger charge is 2.24. The predicted octanol–water partition coefficient (Wildman–Crippen LogP) is 2.92. The molecule has 1 aromatic carbocycles. The molecule has 3 rings (SSSR count). The Labute approximate surface area is 137 Å². The molecule has 5 heteroatoms.